The number of carbonyl (C=O) groups excluding carboxylic acids is 3. The van der Waals surface area contributed by atoms with Crippen LogP contribution in [0.15, 0.2) is 42.6 Å². The number of rotatable bonds is 6. The highest BCUT2D eigenvalue weighted by molar-refractivity contribution is 6.11. The molecule has 1 aromatic carbocycles. The number of aromatic nitrogens is 1. The minimum absolute atomic E-state index is 0.240. The van der Waals surface area contributed by atoms with E-state index >= 15 is 0 Å². The van der Waals surface area contributed by atoms with Crippen LogP contribution in [-0.2, 0) is 23.2 Å². The maximum atomic E-state index is 12.9. The number of hydrogen-bond acceptors (Lipinski definition) is 4. The van der Waals surface area contributed by atoms with E-state index in [9.17, 15) is 14.4 Å². The van der Waals surface area contributed by atoms with Crippen molar-refractivity contribution in [2.75, 3.05) is 6.54 Å². The van der Waals surface area contributed by atoms with Crippen LogP contribution in [0, 0.1) is 0 Å². The maximum absolute atomic E-state index is 12.9. The highest BCUT2D eigenvalue weighted by Crippen LogP contribution is 2.27. The zero-order valence-electron chi connectivity index (χ0n) is 15.8. The first kappa shape index (κ1) is 18.8. The van der Waals surface area contributed by atoms with E-state index in [2.05, 4.69) is 10.3 Å². The van der Waals surface area contributed by atoms with E-state index in [1.54, 1.807) is 31.3 Å². The molecular formula is C21H23N3O3. The van der Waals surface area contributed by atoms with E-state index in [0.29, 0.717) is 17.7 Å². The Balaban J connectivity index is 1.87. The maximum Gasteiger partial charge on any atom is 0.325 e. The van der Waals surface area contributed by atoms with Gasteiger partial charge in [0.05, 0.1) is 12.2 Å². The number of ketones is 1. The Hall–Kier alpha value is -3.02. The van der Waals surface area contributed by atoms with Gasteiger partial charge < -0.3 is 5.32 Å². The molecule has 140 valence electrons. The lowest BCUT2D eigenvalue weighted by Gasteiger charge is -2.20. The van der Waals surface area contributed by atoms with Gasteiger partial charge in [0, 0.05) is 11.8 Å². The molecule has 2 aromatic rings. The molecule has 3 rings (SSSR count). The van der Waals surface area contributed by atoms with Crippen molar-refractivity contribution in [2.24, 2.45) is 0 Å². The van der Waals surface area contributed by atoms with E-state index in [1.165, 1.54) is 0 Å². The number of benzene rings is 1. The second-order valence-corrected chi connectivity index (χ2v) is 6.78. The van der Waals surface area contributed by atoms with Crippen LogP contribution < -0.4 is 5.32 Å². The molecule has 2 heterocycles. The number of carbonyl (C=O) groups is 3. The third-order valence-corrected chi connectivity index (χ3v) is 5.02. The van der Waals surface area contributed by atoms with Crippen LogP contribution in [0.1, 0.15) is 48.0 Å². The Morgan fingerprint density at radius 2 is 1.93 bits per heavy atom. The van der Waals surface area contributed by atoms with E-state index in [-0.39, 0.29) is 12.3 Å². The summed E-state index contributed by atoms with van der Waals surface area (Å²) in [5, 5.41) is 2.68. The monoisotopic (exact) mass is 365 g/mol. The van der Waals surface area contributed by atoms with E-state index in [1.807, 2.05) is 32.0 Å². The largest absolute Gasteiger partial charge is 0.325 e. The molecule has 1 N–H and O–H groups in total. The van der Waals surface area contributed by atoms with Crippen LogP contribution in [-0.4, -0.2) is 34.2 Å². The second kappa shape index (κ2) is 7.31. The summed E-state index contributed by atoms with van der Waals surface area (Å²) in [4.78, 5) is 43.4. The smallest absolute Gasteiger partial charge is 0.318 e. The van der Waals surface area contributed by atoms with Crippen molar-refractivity contribution < 1.29 is 14.4 Å². The third-order valence-electron chi connectivity index (χ3n) is 5.02. The third kappa shape index (κ3) is 3.35. The molecule has 1 aliphatic rings. The number of pyridine rings is 1. The Morgan fingerprint density at radius 3 is 2.56 bits per heavy atom. The molecule has 6 heteroatoms. The molecular weight excluding hydrogens is 342 g/mol. The van der Waals surface area contributed by atoms with Crippen LogP contribution in [0.4, 0.5) is 4.79 Å². The number of nitrogens with zero attached hydrogens (tertiary/aromatic N) is 2. The van der Waals surface area contributed by atoms with Crippen LogP contribution in [0.3, 0.4) is 0 Å². The normalized spacial score (nSPS) is 19.3. The molecule has 6 nitrogen and oxygen atoms in total. The van der Waals surface area contributed by atoms with E-state index in [4.69, 9.17) is 0 Å². The highest BCUT2D eigenvalue weighted by atomic mass is 16.2. The van der Waals surface area contributed by atoms with Gasteiger partial charge in [0.2, 0.25) is 0 Å². The number of aryl methyl sites for hydroxylation is 2. The summed E-state index contributed by atoms with van der Waals surface area (Å²) in [6, 6.07) is 10.4. The fraction of sp³-hybridized carbons (Fsp3) is 0.333. The molecule has 1 aliphatic heterocycles. The zero-order valence-corrected chi connectivity index (χ0v) is 15.8. The molecule has 1 aromatic heterocycles. The summed E-state index contributed by atoms with van der Waals surface area (Å²) < 4.78 is 0. The van der Waals surface area contributed by atoms with Crippen LogP contribution in [0.25, 0.3) is 0 Å². The van der Waals surface area contributed by atoms with Gasteiger partial charge in [-0.3, -0.25) is 19.5 Å². The van der Waals surface area contributed by atoms with E-state index < -0.39 is 17.5 Å². The molecule has 0 bridgehead atoms. The molecule has 0 spiro atoms. The molecule has 3 amide bonds. The molecule has 1 unspecified atom stereocenters. The number of Topliss-reactive ketones (excluding diaryl/α,β-unsaturated/α-hetero) is 1. The van der Waals surface area contributed by atoms with Crippen molar-refractivity contribution in [2.45, 2.75) is 39.2 Å². The molecule has 0 saturated carbocycles. The Morgan fingerprint density at radius 1 is 1.15 bits per heavy atom. The molecule has 1 fully saturated rings. The highest BCUT2D eigenvalue weighted by Gasteiger charge is 2.50. The van der Waals surface area contributed by atoms with Gasteiger partial charge >= 0.3 is 6.03 Å². The van der Waals surface area contributed by atoms with Crippen molar-refractivity contribution in [1.29, 1.82) is 0 Å². The lowest BCUT2D eigenvalue weighted by molar-refractivity contribution is -0.130. The van der Waals surface area contributed by atoms with Gasteiger partial charge in [0.25, 0.3) is 5.91 Å². The number of urea groups is 1. The average Bonchev–Trinajstić information content (AvgIpc) is 2.92. The number of hydrogen-bond donors (Lipinski definition) is 1. The van der Waals surface area contributed by atoms with Gasteiger partial charge in [-0.05, 0) is 49.1 Å². The lowest BCUT2D eigenvalue weighted by atomic mass is 9.96. The van der Waals surface area contributed by atoms with Gasteiger partial charge in [0.1, 0.15) is 0 Å². The van der Waals surface area contributed by atoms with Crippen LogP contribution >= 0.6 is 0 Å². The van der Waals surface area contributed by atoms with Gasteiger partial charge in [0.15, 0.2) is 11.3 Å². The Kier molecular flexibility index (Phi) is 5.08. The van der Waals surface area contributed by atoms with E-state index in [0.717, 1.165) is 22.4 Å². The van der Waals surface area contributed by atoms with Crippen molar-refractivity contribution in [3.8, 4) is 0 Å². The van der Waals surface area contributed by atoms with Gasteiger partial charge in [-0.25, -0.2) is 4.79 Å². The summed E-state index contributed by atoms with van der Waals surface area (Å²) in [5.41, 5.74) is 1.71. The predicted molar refractivity (Wildman–Crippen MR) is 101 cm³/mol. The van der Waals surface area contributed by atoms with Crippen molar-refractivity contribution >= 4 is 17.7 Å². The fourth-order valence-electron chi connectivity index (χ4n) is 3.31. The average molecular weight is 365 g/mol. The van der Waals surface area contributed by atoms with Gasteiger partial charge in [-0.15, -0.1) is 0 Å². The SMILES string of the molecule is CCc1ccc(CC)c(C(=O)CN2C(=O)NC(C)(c3ccccn3)C2=O)c1. The minimum atomic E-state index is -1.27. The van der Waals surface area contributed by atoms with Crippen molar-refractivity contribution in [3.05, 3.63) is 65.0 Å². The summed E-state index contributed by atoms with van der Waals surface area (Å²) in [6.45, 7) is 5.32. The lowest BCUT2D eigenvalue weighted by Crippen LogP contribution is -2.42. The van der Waals surface area contributed by atoms with Crippen molar-refractivity contribution in [3.63, 3.8) is 0 Å². The predicted octanol–water partition coefficient (Wildman–Crippen LogP) is 2.86. The molecule has 0 radical (unpaired) electrons. The summed E-state index contributed by atoms with van der Waals surface area (Å²) in [5.74, 6) is -0.708. The molecule has 1 saturated heterocycles. The fourth-order valence-corrected chi connectivity index (χ4v) is 3.31. The minimum Gasteiger partial charge on any atom is -0.318 e. The van der Waals surface area contributed by atoms with Crippen LogP contribution in [0.2, 0.25) is 0 Å². The molecule has 1 atom stereocenters. The van der Waals surface area contributed by atoms with Crippen LogP contribution in [0.5, 0.6) is 0 Å². The molecule has 0 aliphatic carbocycles. The van der Waals surface area contributed by atoms with Gasteiger partial charge in [-0.2, -0.15) is 0 Å². The van der Waals surface area contributed by atoms with Gasteiger partial charge in [-0.1, -0.05) is 32.0 Å². The topological polar surface area (TPSA) is 79.4 Å². The van der Waals surface area contributed by atoms with Crippen molar-refractivity contribution in [1.82, 2.24) is 15.2 Å². The Bertz CT molecular complexity index is 895. The quantitative estimate of drug-likeness (QED) is 0.631. The summed E-state index contributed by atoms with van der Waals surface area (Å²) in [6.07, 6.45) is 3.08. The number of amides is 3. The Labute approximate surface area is 158 Å². The number of nitrogens with one attached hydrogen (secondary N) is 1. The standard InChI is InChI=1S/C21H23N3O3/c1-4-14-9-10-15(5-2)16(12-14)17(25)13-24-19(26)21(3,23-20(24)27)18-8-6-7-11-22-18/h6-12H,4-5,13H2,1-3H3,(H,23,27). The second-order valence-electron chi connectivity index (χ2n) is 6.78. The summed E-state index contributed by atoms with van der Waals surface area (Å²) in [7, 11) is 0. The molecule has 27 heavy (non-hydrogen) atoms. The number of imide groups is 1. The zero-order chi connectivity index (χ0) is 19.6. The first-order chi connectivity index (χ1) is 12.9. The first-order valence-corrected chi connectivity index (χ1v) is 9.11. The first-order valence-electron chi connectivity index (χ1n) is 9.11. The summed E-state index contributed by atoms with van der Waals surface area (Å²) >= 11 is 0.